The minimum absolute atomic E-state index is 0.264. The first-order chi connectivity index (χ1) is 16.9. The zero-order chi connectivity index (χ0) is 24.9. The number of rotatable bonds is 8. The zero-order valence-electron chi connectivity index (χ0n) is 19.6. The van der Waals surface area contributed by atoms with E-state index in [1.165, 1.54) is 0 Å². The lowest BCUT2D eigenvalue weighted by molar-refractivity contribution is -0.146. The Morgan fingerprint density at radius 1 is 1.14 bits per heavy atom. The first kappa shape index (κ1) is 24.3. The van der Waals surface area contributed by atoms with Gasteiger partial charge in [0.2, 0.25) is 0 Å². The first-order valence-electron chi connectivity index (χ1n) is 11.4. The summed E-state index contributed by atoms with van der Waals surface area (Å²) in [5.74, 6) is -1.09. The predicted molar refractivity (Wildman–Crippen MR) is 135 cm³/mol. The van der Waals surface area contributed by atoms with Crippen molar-refractivity contribution in [2.45, 2.75) is 33.2 Å². The molecule has 4 rings (SSSR count). The van der Waals surface area contributed by atoms with Gasteiger partial charge in [0, 0.05) is 28.7 Å². The van der Waals surface area contributed by atoms with Crippen LogP contribution in [-0.4, -0.2) is 39.7 Å². The molecule has 178 valence electrons. The summed E-state index contributed by atoms with van der Waals surface area (Å²) in [5.41, 5.74) is 4.20. The Morgan fingerprint density at radius 3 is 2.66 bits per heavy atom. The maximum atomic E-state index is 13.0. The van der Waals surface area contributed by atoms with Crippen LogP contribution in [0.2, 0.25) is 0 Å². The molecule has 1 aromatic heterocycles. The summed E-state index contributed by atoms with van der Waals surface area (Å²) in [6.45, 7) is 4.31. The van der Waals surface area contributed by atoms with E-state index in [2.05, 4.69) is 10.6 Å². The van der Waals surface area contributed by atoms with Gasteiger partial charge in [-0.1, -0.05) is 49.7 Å². The van der Waals surface area contributed by atoms with Crippen LogP contribution in [-0.2, 0) is 20.9 Å². The molecule has 0 bridgehead atoms. The molecule has 0 aliphatic carbocycles. The fraction of sp³-hybridized carbons (Fsp3) is 0.259. The molecular weight excluding hydrogens is 462 g/mol. The number of amides is 2. The fourth-order valence-corrected chi connectivity index (χ4v) is 4.87. The number of benzene rings is 2. The molecule has 1 aliphatic heterocycles. The number of thioether (sulfide) groups is 1. The third-order valence-corrected chi connectivity index (χ3v) is 6.85. The highest BCUT2D eigenvalue weighted by atomic mass is 32.2. The number of unbranched alkanes of at least 4 members (excludes halogenated alkanes) is 1. The van der Waals surface area contributed by atoms with Gasteiger partial charge >= 0.3 is 5.97 Å². The van der Waals surface area contributed by atoms with Gasteiger partial charge in [0.15, 0.2) is 0 Å². The summed E-state index contributed by atoms with van der Waals surface area (Å²) in [6, 6.07) is 17.5. The largest absolute Gasteiger partial charge is 0.464 e. The monoisotopic (exact) mass is 487 g/mol. The molecule has 3 aromatic rings. The Labute approximate surface area is 208 Å². The highest BCUT2D eigenvalue weighted by molar-refractivity contribution is 8.18. The lowest BCUT2D eigenvalue weighted by Crippen LogP contribution is -2.34. The smallest absolute Gasteiger partial charge is 0.326 e. The highest BCUT2D eigenvalue weighted by Gasteiger charge is 2.37. The first-order valence-corrected chi connectivity index (χ1v) is 12.2. The lowest BCUT2D eigenvalue weighted by atomic mass is 10.1. The summed E-state index contributed by atoms with van der Waals surface area (Å²) in [5, 5.41) is 9.94. The van der Waals surface area contributed by atoms with Crippen LogP contribution in [0, 0.1) is 18.3 Å². The zero-order valence-corrected chi connectivity index (χ0v) is 20.4. The molecule has 2 heterocycles. The van der Waals surface area contributed by atoms with Crippen molar-refractivity contribution in [3.05, 3.63) is 75.8 Å². The molecule has 7 nitrogen and oxygen atoms in total. The topological polar surface area (TPSA) is 92.4 Å². The number of fused-ring (bicyclic) bond motifs is 1. The number of esters is 1. The molecule has 35 heavy (non-hydrogen) atoms. The summed E-state index contributed by atoms with van der Waals surface area (Å²) < 4.78 is 7.21. The molecule has 0 spiro atoms. The van der Waals surface area contributed by atoms with Gasteiger partial charge in [-0.05, 0) is 48.9 Å². The highest BCUT2D eigenvalue weighted by Crippen LogP contribution is 2.36. The summed E-state index contributed by atoms with van der Waals surface area (Å²) in [6.07, 6.45) is 3.33. The molecule has 8 heteroatoms. The molecule has 0 radical (unpaired) electrons. The van der Waals surface area contributed by atoms with Crippen LogP contribution < -0.4 is 0 Å². The number of carbonyl (C=O) groups excluding carboxylic acids is 3. The Morgan fingerprint density at radius 2 is 1.89 bits per heavy atom. The SMILES string of the molecule is CCCCOC(=O)CN1C(=O)S/C(=C\c2c(C)n(Cc3ccccc3C#N)c3ccccc23)C1=O. The third kappa shape index (κ3) is 5.00. The molecule has 0 N–H and O–H groups in total. The molecule has 0 atom stereocenters. The van der Waals surface area contributed by atoms with Crippen molar-refractivity contribution in [1.82, 2.24) is 9.47 Å². The van der Waals surface area contributed by atoms with Crippen LogP contribution in [0.5, 0.6) is 0 Å². The van der Waals surface area contributed by atoms with E-state index in [1.54, 1.807) is 12.1 Å². The van der Waals surface area contributed by atoms with Gasteiger partial charge in [0.25, 0.3) is 11.1 Å². The van der Waals surface area contributed by atoms with E-state index in [-0.39, 0.29) is 11.5 Å². The molecule has 2 amide bonds. The second-order valence-electron chi connectivity index (χ2n) is 8.21. The van der Waals surface area contributed by atoms with E-state index in [0.29, 0.717) is 12.1 Å². The number of ether oxygens (including phenoxy) is 1. The maximum absolute atomic E-state index is 13.0. The molecule has 1 aliphatic rings. The number of imide groups is 1. The molecule has 2 aromatic carbocycles. The average molecular weight is 488 g/mol. The molecular formula is C27H25N3O4S. The Balaban J connectivity index is 1.66. The van der Waals surface area contributed by atoms with Crippen LogP contribution in [0.15, 0.2) is 53.4 Å². The lowest BCUT2D eigenvalue weighted by Gasteiger charge is -2.11. The summed E-state index contributed by atoms with van der Waals surface area (Å²) in [7, 11) is 0. The molecule has 1 saturated heterocycles. The van der Waals surface area contributed by atoms with E-state index in [9.17, 15) is 19.6 Å². The van der Waals surface area contributed by atoms with E-state index >= 15 is 0 Å². The minimum Gasteiger partial charge on any atom is -0.464 e. The van der Waals surface area contributed by atoms with Crippen molar-refractivity contribution < 1.29 is 19.1 Å². The van der Waals surface area contributed by atoms with E-state index in [1.807, 2.05) is 56.3 Å². The van der Waals surface area contributed by atoms with Crippen molar-refractivity contribution in [2.24, 2.45) is 0 Å². The van der Waals surface area contributed by atoms with Crippen LogP contribution in [0.3, 0.4) is 0 Å². The quantitative estimate of drug-likeness (QED) is 0.245. The third-order valence-electron chi connectivity index (χ3n) is 5.94. The van der Waals surface area contributed by atoms with E-state index < -0.39 is 23.7 Å². The van der Waals surface area contributed by atoms with Gasteiger partial charge in [-0.3, -0.25) is 19.3 Å². The van der Waals surface area contributed by atoms with Crippen molar-refractivity contribution in [3.63, 3.8) is 0 Å². The normalized spacial score (nSPS) is 14.7. The van der Waals surface area contributed by atoms with Crippen LogP contribution in [0.25, 0.3) is 17.0 Å². The number of nitriles is 1. The van der Waals surface area contributed by atoms with Crippen molar-refractivity contribution in [3.8, 4) is 6.07 Å². The fourth-order valence-electron chi connectivity index (χ4n) is 4.05. The minimum atomic E-state index is -0.592. The van der Waals surface area contributed by atoms with Gasteiger partial charge < -0.3 is 9.30 Å². The van der Waals surface area contributed by atoms with Gasteiger partial charge in [-0.15, -0.1) is 0 Å². The predicted octanol–water partition coefficient (Wildman–Crippen LogP) is 5.25. The van der Waals surface area contributed by atoms with E-state index in [0.717, 1.165) is 57.2 Å². The Hall–Kier alpha value is -3.83. The molecule has 0 unspecified atom stereocenters. The molecule has 1 fully saturated rings. The van der Waals surface area contributed by atoms with Gasteiger partial charge in [-0.25, -0.2) is 0 Å². The summed E-state index contributed by atoms with van der Waals surface area (Å²) >= 11 is 0.822. The van der Waals surface area contributed by atoms with Gasteiger partial charge in [0.05, 0.1) is 23.1 Å². The van der Waals surface area contributed by atoms with Crippen LogP contribution in [0.1, 0.15) is 42.1 Å². The van der Waals surface area contributed by atoms with E-state index in [4.69, 9.17) is 4.74 Å². The van der Waals surface area contributed by atoms with Crippen molar-refractivity contribution in [1.29, 1.82) is 5.26 Å². The number of nitrogens with zero attached hydrogens (tertiary/aromatic N) is 3. The number of hydrogen-bond acceptors (Lipinski definition) is 6. The van der Waals surface area contributed by atoms with Crippen molar-refractivity contribution >= 4 is 45.9 Å². The maximum Gasteiger partial charge on any atom is 0.326 e. The number of para-hydroxylation sites is 1. The Bertz CT molecular complexity index is 1380. The number of aromatic nitrogens is 1. The second-order valence-corrected chi connectivity index (χ2v) is 9.21. The average Bonchev–Trinajstić information content (AvgIpc) is 3.27. The van der Waals surface area contributed by atoms with Crippen molar-refractivity contribution in [2.75, 3.05) is 13.2 Å². The molecule has 0 saturated carbocycles. The van der Waals surface area contributed by atoms with Gasteiger partial charge in [0.1, 0.15) is 6.54 Å². The van der Waals surface area contributed by atoms with Gasteiger partial charge in [-0.2, -0.15) is 5.26 Å². The number of carbonyl (C=O) groups is 3. The standard InChI is InChI=1S/C27H25N3O4S/c1-3-4-13-34-25(31)17-30-26(32)24(35-27(30)33)14-22-18(2)29(23-12-8-7-11-21(22)23)16-20-10-6-5-9-19(20)15-28/h5-12,14H,3-4,13,16-17H2,1-2H3/b24-14-. The number of hydrogen-bond donors (Lipinski definition) is 0. The summed E-state index contributed by atoms with van der Waals surface area (Å²) in [4.78, 5) is 38.7. The van der Waals surface area contributed by atoms with Crippen LogP contribution >= 0.6 is 11.8 Å². The Kier molecular flexibility index (Phi) is 7.37. The van der Waals surface area contributed by atoms with Crippen LogP contribution in [0.4, 0.5) is 4.79 Å². The second kappa shape index (κ2) is 10.6.